The second kappa shape index (κ2) is 4.95. The average Bonchev–Trinajstić information content (AvgIpc) is 2.20. The third-order valence-electron chi connectivity index (χ3n) is 1.55. The number of aromatic nitrogens is 1. The summed E-state index contributed by atoms with van der Waals surface area (Å²) < 4.78 is 10.5. The Balaban J connectivity index is 3.13. The Morgan fingerprint density at radius 3 is 2.86 bits per heavy atom. The lowest BCUT2D eigenvalue weighted by atomic mass is 10.2. The Morgan fingerprint density at radius 2 is 2.29 bits per heavy atom. The molecule has 1 aromatic heterocycles. The lowest BCUT2D eigenvalue weighted by Crippen LogP contribution is -2.06. The highest BCUT2D eigenvalue weighted by atomic mass is 79.9. The highest BCUT2D eigenvalue weighted by molar-refractivity contribution is 9.10. The molecule has 0 aromatic carbocycles. The monoisotopic (exact) mass is 259 g/mol. The highest BCUT2D eigenvalue weighted by Crippen LogP contribution is 2.28. The molecule has 0 aliphatic heterocycles. The molecule has 0 bridgehead atoms. The molecular weight excluding hydrogens is 250 g/mol. The summed E-state index contributed by atoms with van der Waals surface area (Å²) in [4.78, 5) is 15.2. The van der Waals surface area contributed by atoms with Crippen molar-refractivity contribution in [2.24, 2.45) is 0 Å². The standard InChI is InChI=1S/C9H10BrNO3/c1-3-14-8-6(9(12)13-2)4-11-5-7(8)10/h4-5H,3H2,1-2H3. The van der Waals surface area contributed by atoms with Crippen LogP contribution in [0.15, 0.2) is 16.9 Å². The van der Waals surface area contributed by atoms with Gasteiger partial charge in [-0.1, -0.05) is 0 Å². The molecule has 1 heterocycles. The van der Waals surface area contributed by atoms with E-state index in [9.17, 15) is 4.79 Å². The first kappa shape index (κ1) is 11.0. The molecule has 0 aliphatic carbocycles. The zero-order chi connectivity index (χ0) is 10.6. The Kier molecular flexibility index (Phi) is 3.88. The van der Waals surface area contributed by atoms with Crippen molar-refractivity contribution in [3.63, 3.8) is 0 Å². The van der Waals surface area contributed by atoms with E-state index in [1.807, 2.05) is 6.92 Å². The summed E-state index contributed by atoms with van der Waals surface area (Å²) in [5, 5.41) is 0. The molecular formula is C9H10BrNO3. The maximum atomic E-state index is 11.3. The van der Waals surface area contributed by atoms with E-state index in [0.717, 1.165) is 0 Å². The van der Waals surface area contributed by atoms with Crippen LogP contribution < -0.4 is 4.74 Å². The van der Waals surface area contributed by atoms with Crippen LogP contribution in [-0.4, -0.2) is 24.7 Å². The number of esters is 1. The first-order valence-electron chi connectivity index (χ1n) is 4.05. The van der Waals surface area contributed by atoms with E-state index in [1.54, 1.807) is 6.20 Å². The maximum Gasteiger partial charge on any atom is 0.343 e. The largest absolute Gasteiger partial charge is 0.492 e. The second-order valence-corrected chi connectivity index (χ2v) is 3.28. The summed E-state index contributed by atoms with van der Waals surface area (Å²) in [5.41, 5.74) is 0.323. The molecule has 0 saturated heterocycles. The van der Waals surface area contributed by atoms with Crippen LogP contribution in [0.1, 0.15) is 17.3 Å². The van der Waals surface area contributed by atoms with Crippen molar-refractivity contribution in [2.75, 3.05) is 13.7 Å². The fourth-order valence-electron chi connectivity index (χ4n) is 0.970. The summed E-state index contributed by atoms with van der Waals surface area (Å²) >= 11 is 3.25. The normalized spacial score (nSPS) is 9.64. The van der Waals surface area contributed by atoms with E-state index < -0.39 is 5.97 Å². The summed E-state index contributed by atoms with van der Waals surface area (Å²) in [6.07, 6.45) is 2.99. The van der Waals surface area contributed by atoms with Crippen molar-refractivity contribution in [1.29, 1.82) is 0 Å². The van der Waals surface area contributed by atoms with Crippen LogP contribution in [0.3, 0.4) is 0 Å². The van der Waals surface area contributed by atoms with Crippen molar-refractivity contribution >= 4 is 21.9 Å². The molecule has 0 aliphatic rings. The van der Waals surface area contributed by atoms with Crippen LogP contribution in [0.5, 0.6) is 5.75 Å². The van der Waals surface area contributed by atoms with E-state index in [-0.39, 0.29) is 0 Å². The van der Waals surface area contributed by atoms with Gasteiger partial charge in [-0.15, -0.1) is 0 Å². The Hall–Kier alpha value is -1.10. The van der Waals surface area contributed by atoms with Crippen LogP contribution in [-0.2, 0) is 4.74 Å². The van der Waals surface area contributed by atoms with Gasteiger partial charge in [0.2, 0.25) is 0 Å². The molecule has 0 saturated carbocycles. The average molecular weight is 260 g/mol. The van der Waals surface area contributed by atoms with Crippen LogP contribution in [0.4, 0.5) is 0 Å². The van der Waals surface area contributed by atoms with Crippen molar-refractivity contribution in [3.8, 4) is 5.75 Å². The predicted octanol–water partition coefficient (Wildman–Crippen LogP) is 2.03. The third kappa shape index (κ3) is 2.23. The Labute approximate surface area is 90.4 Å². The van der Waals surface area contributed by atoms with Gasteiger partial charge >= 0.3 is 5.97 Å². The first-order valence-corrected chi connectivity index (χ1v) is 4.84. The molecule has 0 atom stereocenters. The van der Waals surface area contributed by atoms with Crippen LogP contribution in [0, 0.1) is 0 Å². The topological polar surface area (TPSA) is 48.4 Å². The van der Waals surface area contributed by atoms with Gasteiger partial charge in [-0.3, -0.25) is 4.98 Å². The van der Waals surface area contributed by atoms with Crippen molar-refractivity contribution in [3.05, 3.63) is 22.4 Å². The smallest absolute Gasteiger partial charge is 0.343 e. The van der Waals surface area contributed by atoms with Crippen LogP contribution in [0.25, 0.3) is 0 Å². The molecule has 0 amide bonds. The van der Waals surface area contributed by atoms with E-state index >= 15 is 0 Å². The number of rotatable bonds is 3. The summed E-state index contributed by atoms with van der Waals surface area (Å²) in [5.74, 6) is 0.0107. The van der Waals surface area contributed by atoms with Gasteiger partial charge in [-0.05, 0) is 22.9 Å². The molecule has 76 valence electrons. The molecule has 0 fully saturated rings. The second-order valence-electron chi connectivity index (χ2n) is 2.42. The minimum atomic E-state index is -0.456. The van der Waals surface area contributed by atoms with Gasteiger partial charge < -0.3 is 9.47 Å². The van der Waals surface area contributed by atoms with Gasteiger partial charge in [0.15, 0.2) is 5.75 Å². The van der Waals surface area contributed by atoms with E-state index in [0.29, 0.717) is 22.4 Å². The zero-order valence-corrected chi connectivity index (χ0v) is 9.50. The molecule has 14 heavy (non-hydrogen) atoms. The minimum Gasteiger partial charge on any atom is -0.492 e. The molecule has 0 N–H and O–H groups in total. The number of hydrogen-bond acceptors (Lipinski definition) is 4. The number of halogens is 1. The summed E-state index contributed by atoms with van der Waals surface area (Å²) in [7, 11) is 1.32. The van der Waals surface area contributed by atoms with Gasteiger partial charge in [0, 0.05) is 12.4 Å². The van der Waals surface area contributed by atoms with Gasteiger partial charge in [-0.25, -0.2) is 4.79 Å². The van der Waals surface area contributed by atoms with Crippen molar-refractivity contribution < 1.29 is 14.3 Å². The fraction of sp³-hybridized carbons (Fsp3) is 0.333. The number of methoxy groups -OCH3 is 1. The molecule has 4 nitrogen and oxygen atoms in total. The summed E-state index contributed by atoms with van der Waals surface area (Å²) in [6, 6.07) is 0. The Bertz CT molecular complexity index is 341. The van der Waals surface area contributed by atoms with E-state index in [4.69, 9.17) is 4.74 Å². The first-order chi connectivity index (χ1) is 6.70. The number of nitrogens with zero attached hydrogens (tertiary/aromatic N) is 1. The molecule has 0 spiro atoms. The zero-order valence-electron chi connectivity index (χ0n) is 7.91. The summed E-state index contributed by atoms with van der Waals surface area (Å²) in [6.45, 7) is 2.32. The maximum absolute atomic E-state index is 11.3. The van der Waals surface area contributed by atoms with Gasteiger partial charge in [0.05, 0.1) is 18.2 Å². The van der Waals surface area contributed by atoms with Crippen LogP contribution >= 0.6 is 15.9 Å². The number of ether oxygens (including phenoxy) is 2. The minimum absolute atomic E-state index is 0.323. The SMILES string of the molecule is CCOc1c(Br)cncc1C(=O)OC. The van der Waals surface area contributed by atoms with Gasteiger partial charge in [0.1, 0.15) is 5.56 Å². The molecule has 0 unspecified atom stereocenters. The van der Waals surface area contributed by atoms with Crippen molar-refractivity contribution in [2.45, 2.75) is 6.92 Å². The Morgan fingerprint density at radius 1 is 1.57 bits per heavy atom. The molecule has 1 rings (SSSR count). The number of pyridine rings is 1. The fourth-order valence-corrected chi connectivity index (χ4v) is 1.42. The predicted molar refractivity (Wildman–Crippen MR) is 54.4 cm³/mol. The lowest BCUT2D eigenvalue weighted by molar-refractivity contribution is 0.0595. The van der Waals surface area contributed by atoms with Gasteiger partial charge in [0.25, 0.3) is 0 Å². The number of carbonyl (C=O) groups is 1. The highest BCUT2D eigenvalue weighted by Gasteiger charge is 2.15. The number of carbonyl (C=O) groups excluding carboxylic acids is 1. The molecule has 1 aromatic rings. The molecule has 5 heteroatoms. The molecule has 0 radical (unpaired) electrons. The van der Waals surface area contributed by atoms with E-state index in [2.05, 4.69) is 25.7 Å². The van der Waals surface area contributed by atoms with Crippen LogP contribution in [0.2, 0.25) is 0 Å². The quantitative estimate of drug-likeness (QED) is 0.780. The number of hydrogen-bond donors (Lipinski definition) is 0. The lowest BCUT2D eigenvalue weighted by Gasteiger charge is -2.09. The van der Waals surface area contributed by atoms with Crippen molar-refractivity contribution in [1.82, 2.24) is 4.98 Å². The third-order valence-corrected chi connectivity index (χ3v) is 2.11. The van der Waals surface area contributed by atoms with E-state index in [1.165, 1.54) is 13.3 Å². The van der Waals surface area contributed by atoms with Gasteiger partial charge in [-0.2, -0.15) is 0 Å².